The lowest BCUT2D eigenvalue weighted by Crippen LogP contribution is -1.97. The number of aliphatic hydroxyl groups excluding tert-OH is 1. The Labute approximate surface area is 125 Å². The Bertz CT molecular complexity index is 674. The molecule has 0 bridgehead atoms. The molecular weight excluding hydrogens is 298 g/mol. The SMILES string of the molecule is COc1ccc([N+](=O)[O-])c(Oc2cccc(Cl)c2CO)c1. The van der Waals surface area contributed by atoms with Crippen LogP contribution in [0.2, 0.25) is 5.02 Å². The van der Waals surface area contributed by atoms with Gasteiger partial charge in [0.25, 0.3) is 0 Å². The number of ether oxygens (including phenoxy) is 2. The van der Waals surface area contributed by atoms with Crippen molar-refractivity contribution in [3.63, 3.8) is 0 Å². The number of methoxy groups -OCH3 is 1. The largest absolute Gasteiger partial charge is 0.497 e. The molecule has 0 amide bonds. The van der Waals surface area contributed by atoms with Crippen molar-refractivity contribution in [1.29, 1.82) is 0 Å². The second-order valence-electron chi connectivity index (χ2n) is 4.07. The number of benzene rings is 2. The van der Waals surface area contributed by atoms with Crippen LogP contribution in [0.4, 0.5) is 5.69 Å². The van der Waals surface area contributed by atoms with Crippen LogP contribution in [0.1, 0.15) is 5.56 Å². The summed E-state index contributed by atoms with van der Waals surface area (Å²) in [6, 6.07) is 8.96. The Morgan fingerprint density at radius 2 is 2.05 bits per heavy atom. The first-order chi connectivity index (χ1) is 10.1. The molecule has 0 saturated carbocycles. The topological polar surface area (TPSA) is 81.8 Å². The Balaban J connectivity index is 2.48. The molecular formula is C14H12ClNO5. The van der Waals surface area contributed by atoms with Crippen LogP contribution in [-0.2, 0) is 6.61 Å². The third-order valence-corrected chi connectivity index (χ3v) is 3.17. The summed E-state index contributed by atoms with van der Waals surface area (Å²) in [5, 5.41) is 20.7. The van der Waals surface area contributed by atoms with Gasteiger partial charge in [0.15, 0.2) is 0 Å². The number of nitro groups is 1. The normalized spacial score (nSPS) is 10.2. The fourth-order valence-electron chi connectivity index (χ4n) is 1.76. The minimum Gasteiger partial charge on any atom is -0.497 e. The Kier molecular flexibility index (Phi) is 4.62. The molecule has 0 aromatic heterocycles. The van der Waals surface area contributed by atoms with Gasteiger partial charge in [-0.25, -0.2) is 0 Å². The summed E-state index contributed by atoms with van der Waals surface area (Å²) in [4.78, 5) is 10.5. The van der Waals surface area contributed by atoms with Gasteiger partial charge in [-0.05, 0) is 18.2 Å². The smallest absolute Gasteiger partial charge is 0.311 e. The summed E-state index contributed by atoms with van der Waals surface area (Å²) in [6.45, 7) is -0.341. The number of rotatable bonds is 5. The average molecular weight is 310 g/mol. The molecule has 0 unspecified atom stereocenters. The molecule has 6 nitrogen and oxygen atoms in total. The lowest BCUT2D eigenvalue weighted by atomic mass is 10.2. The summed E-state index contributed by atoms with van der Waals surface area (Å²) >= 11 is 5.96. The van der Waals surface area contributed by atoms with E-state index in [-0.39, 0.29) is 23.8 Å². The maximum atomic E-state index is 11.0. The van der Waals surface area contributed by atoms with Crippen LogP contribution in [0.25, 0.3) is 0 Å². The molecule has 0 radical (unpaired) electrons. The number of nitro benzene ring substituents is 1. The van der Waals surface area contributed by atoms with Crippen LogP contribution in [0.15, 0.2) is 36.4 Å². The number of hydrogen-bond donors (Lipinski definition) is 1. The Morgan fingerprint density at radius 1 is 1.29 bits per heavy atom. The van der Waals surface area contributed by atoms with Gasteiger partial charge in [0.2, 0.25) is 5.75 Å². The maximum Gasteiger partial charge on any atom is 0.311 e. The van der Waals surface area contributed by atoms with Gasteiger partial charge < -0.3 is 14.6 Å². The highest BCUT2D eigenvalue weighted by atomic mass is 35.5. The van der Waals surface area contributed by atoms with Crippen LogP contribution in [-0.4, -0.2) is 17.1 Å². The Hall–Kier alpha value is -2.31. The van der Waals surface area contributed by atoms with Crippen molar-refractivity contribution >= 4 is 17.3 Å². The zero-order chi connectivity index (χ0) is 15.4. The molecule has 0 aliphatic heterocycles. The number of nitrogens with zero attached hydrogens (tertiary/aromatic N) is 1. The highest BCUT2D eigenvalue weighted by Gasteiger charge is 2.18. The molecule has 2 aromatic carbocycles. The molecule has 21 heavy (non-hydrogen) atoms. The Morgan fingerprint density at radius 3 is 2.67 bits per heavy atom. The van der Waals surface area contributed by atoms with Gasteiger partial charge in [-0.1, -0.05) is 17.7 Å². The molecule has 0 saturated heterocycles. The molecule has 0 fully saturated rings. The van der Waals surface area contributed by atoms with Gasteiger partial charge in [-0.2, -0.15) is 0 Å². The molecule has 0 heterocycles. The fraction of sp³-hybridized carbons (Fsp3) is 0.143. The van der Waals surface area contributed by atoms with E-state index in [9.17, 15) is 15.2 Å². The zero-order valence-corrected chi connectivity index (χ0v) is 11.8. The summed E-state index contributed by atoms with van der Waals surface area (Å²) in [6.07, 6.45) is 0. The highest BCUT2D eigenvalue weighted by molar-refractivity contribution is 6.31. The van der Waals surface area contributed by atoms with Crippen molar-refractivity contribution in [1.82, 2.24) is 0 Å². The van der Waals surface area contributed by atoms with E-state index < -0.39 is 4.92 Å². The van der Waals surface area contributed by atoms with Gasteiger partial charge in [0.05, 0.1) is 18.6 Å². The summed E-state index contributed by atoms with van der Waals surface area (Å²) < 4.78 is 10.6. The molecule has 0 atom stereocenters. The van der Waals surface area contributed by atoms with E-state index in [1.54, 1.807) is 18.2 Å². The first kappa shape index (κ1) is 15.1. The molecule has 2 aromatic rings. The average Bonchev–Trinajstić information content (AvgIpc) is 2.47. The minimum atomic E-state index is -0.558. The third-order valence-electron chi connectivity index (χ3n) is 2.82. The molecule has 110 valence electrons. The van der Waals surface area contributed by atoms with E-state index in [1.807, 2.05) is 0 Å². The fourth-order valence-corrected chi connectivity index (χ4v) is 1.99. The molecule has 1 N–H and O–H groups in total. The first-order valence-corrected chi connectivity index (χ1v) is 6.33. The molecule has 2 rings (SSSR count). The van der Waals surface area contributed by atoms with Crippen molar-refractivity contribution in [2.24, 2.45) is 0 Å². The van der Waals surface area contributed by atoms with Crippen molar-refractivity contribution in [2.45, 2.75) is 6.61 Å². The van der Waals surface area contributed by atoms with Crippen LogP contribution in [0.5, 0.6) is 17.2 Å². The van der Waals surface area contributed by atoms with E-state index >= 15 is 0 Å². The molecule has 0 aliphatic carbocycles. The van der Waals surface area contributed by atoms with Crippen LogP contribution in [0.3, 0.4) is 0 Å². The number of hydrogen-bond acceptors (Lipinski definition) is 5. The monoisotopic (exact) mass is 309 g/mol. The number of aliphatic hydroxyl groups is 1. The van der Waals surface area contributed by atoms with E-state index in [4.69, 9.17) is 21.1 Å². The van der Waals surface area contributed by atoms with E-state index in [0.29, 0.717) is 16.3 Å². The molecule has 0 aliphatic rings. The molecule has 7 heteroatoms. The van der Waals surface area contributed by atoms with Crippen LogP contribution in [0, 0.1) is 10.1 Å². The van der Waals surface area contributed by atoms with Gasteiger partial charge in [-0.15, -0.1) is 0 Å². The van der Waals surface area contributed by atoms with E-state index in [1.165, 1.54) is 25.3 Å². The van der Waals surface area contributed by atoms with Crippen molar-refractivity contribution in [3.05, 3.63) is 57.1 Å². The lowest BCUT2D eigenvalue weighted by molar-refractivity contribution is -0.385. The van der Waals surface area contributed by atoms with Gasteiger partial charge in [-0.3, -0.25) is 10.1 Å². The summed E-state index contributed by atoms with van der Waals surface area (Å²) in [5.41, 5.74) is 0.149. The van der Waals surface area contributed by atoms with Gasteiger partial charge in [0.1, 0.15) is 11.5 Å². The van der Waals surface area contributed by atoms with Crippen molar-refractivity contribution in [2.75, 3.05) is 7.11 Å². The first-order valence-electron chi connectivity index (χ1n) is 5.95. The summed E-state index contributed by atoms with van der Waals surface area (Å²) in [5.74, 6) is 0.681. The second-order valence-corrected chi connectivity index (χ2v) is 4.47. The lowest BCUT2D eigenvalue weighted by Gasteiger charge is -2.12. The van der Waals surface area contributed by atoms with Gasteiger partial charge >= 0.3 is 5.69 Å². The van der Waals surface area contributed by atoms with Gasteiger partial charge in [0, 0.05) is 22.7 Å². The molecule has 0 spiro atoms. The predicted octanol–water partition coefficient (Wildman–Crippen LogP) is 3.54. The minimum absolute atomic E-state index is 0.0105. The third kappa shape index (κ3) is 3.24. The van der Waals surface area contributed by atoms with Crippen molar-refractivity contribution < 1.29 is 19.5 Å². The van der Waals surface area contributed by atoms with Crippen LogP contribution >= 0.6 is 11.6 Å². The maximum absolute atomic E-state index is 11.0. The van der Waals surface area contributed by atoms with Crippen molar-refractivity contribution in [3.8, 4) is 17.2 Å². The number of halogens is 1. The van der Waals surface area contributed by atoms with Crippen LogP contribution < -0.4 is 9.47 Å². The second kappa shape index (κ2) is 6.43. The predicted molar refractivity (Wildman–Crippen MR) is 77.1 cm³/mol. The standard InChI is InChI=1S/C14H12ClNO5/c1-20-9-5-6-12(16(18)19)14(7-9)21-13-4-2-3-11(15)10(13)8-17/h2-7,17H,8H2,1H3. The highest BCUT2D eigenvalue weighted by Crippen LogP contribution is 2.37. The van der Waals surface area contributed by atoms with E-state index in [0.717, 1.165) is 0 Å². The summed E-state index contributed by atoms with van der Waals surface area (Å²) in [7, 11) is 1.45. The quantitative estimate of drug-likeness (QED) is 0.674. The van der Waals surface area contributed by atoms with E-state index in [2.05, 4.69) is 0 Å². The zero-order valence-electron chi connectivity index (χ0n) is 11.1.